The maximum atomic E-state index is 2.41. The van der Waals surface area contributed by atoms with E-state index >= 15 is 0 Å². The molecule has 0 aromatic carbocycles. The molecule has 8 aliphatic carbocycles. The highest BCUT2D eigenvalue weighted by Gasteiger charge is 2.43. The number of hydrogen-bond acceptors (Lipinski definition) is 0. The smallest absolute Gasteiger partial charge is 0.0199 e. The van der Waals surface area contributed by atoms with Crippen molar-refractivity contribution in [2.24, 2.45) is 47.3 Å². The second-order valence-corrected chi connectivity index (χ2v) is 14.9. The topological polar surface area (TPSA) is 0 Å². The summed E-state index contributed by atoms with van der Waals surface area (Å²) < 4.78 is 0. The molecule has 0 aromatic heterocycles. The third kappa shape index (κ3) is 9.10. The Morgan fingerprint density at radius 2 is 0.897 bits per heavy atom. The fraction of sp³-hybridized carbons (Fsp3) is 0.846. The zero-order valence-corrected chi connectivity index (χ0v) is 25.8. The third-order valence-electron chi connectivity index (χ3n) is 12.5. The maximum Gasteiger partial charge on any atom is -0.0199 e. The largest absolute Gasteiger partial charge is 0.0885 e. The van der Waals surface area contributed by atoms with Crippen LogP contribution in [0.2, 0.25) is 0 Å². The molecule has 0 spiro atoms. The Hall–Kier alpha value is -0.780. The van der Waals surface area contributed by atoms with Crippen molar-refractivity contribution in [3.63, 3.8) is 0 Å². The van der Waals surface area contributed by atoms with E-state index in [1.54, 1.807) is 51.4 Å². The van der Waals surface area contributed by atoms with E-state index in [2.05, 4.69) is 36.5 Å². The van der Waals surface area contributed by atoms with E-state index in [0.29, 0.717) is 0 Å². The van der Waals surface area contributed by atoms with E-state index < -0.39 is 0 Å². The number of fused-ring (bicyclic) bond motifs is 5. The lowest BCUT2D eigenvalue weighted by atomic mass is 9.69. The van der Waals surface area contributed by atoms with Gasteiger partial charge in [-0.25, -0.2) is 0 Å². The van der Waals surface area contributed by atoms with Gasteiger partial charge in [-0.15, -0.1) is 0 Å². The van der Waals surface area contributed by atoms with Gasteiger partial charge in [0.2, 0.25) is 0 Å². The average molecular weight is 533 g/mol. The van der Waals surface area contributed by atoms with Gasteiger partial charge >= 0.3 is 0 Å². The Morgan fingerprint density at radius 1 is 0.333 bits per heavy atom. The van der Waals surface area contributed by atoms with Crippen LogP contribution in [0.3, 0.4) is 0 Å². The summed E-state index contributed by atoms with van der Waals surface area (Å²) in [6.07, 6.45) is 51.4. The van der Waals surface area contributed by atoms with Crippen LogP contribution in [0.5, 0.6) is 0 Å². The van der Waals surface area contributed by atoms with Crippen LogP contribution in [0.4, 0.5) is 0 Å². The van der Waals surface area contributed by atoms with Crippen molar-refractivity contribution >= 4 is 0 Å². The first-order chi connectivity index (χ1) is 19.4. The molecule has 8 atom stereocenters. The summed E-state index contributed by atoms with van der Waals surface area (Å²) in [5, 5.41) is 0. The van der Waals surface area contributed by atoms with Crippen molar-refractivity contribution in [1.82, 2.24) is 0 Å². The molecule has 0 aliphatic heterocycles. The highest BCUT2D eigenvalue weighted by molar-refractivity contribution is 5.10. The van der Waals surface area contributed by atoms with Gasteiger partial charge in [0.15, 0.2) is 0 Å². The van der Waals surface area contributed by atoms with Crippen LogP contribution < -0.4 is 0 Å². The number of rotatable bonds is 0. The van der Waals surface area contributed by atoms with E-state index in [4.69, 9.17) is 0 Å². The molecule has 6 fully saturated rings. The molecular weight excluding hydrogens is 468 g/mol. The van der Waals surface area contributed by atoms with Gasteiger partial charge < -0.3 is 0 Å². The molecule has 0 radical (unpaired) electrons. The van der Waals surface area contributed by atoms with Crippen LogP contribution in [0, 0.1) is 47.3 Å². The van der Waals surface area contributed by atoms with E-state index in [1.165, 1.54) is 133 Å². The van der Waals surface area contributed by atoms with Gasteiger partial charge in [0.05, 0.1) is 0 Å². The van der Waals surface area contributed by atoms with Crippen LogP contribution in [-0.2, 0) is 0 Å². The minimum absolute atomic E-state index is 0.902. The quantitative estimate of drug-likeness (QED) is 0.272. The van der Waals surface area contributed by atoms with Crippen molar-refractivity contribution in [2.45, 2.75) is 161 Å². The van der Waals surface area contributed by atoms with Gasteiger partial charge in [0, 0.05) is 0 Å². The Kier molecular flexibility index (Phi) is 12.7. The summed E-state index contributed by atoms with van der Waals surface area (Å²) in [7, 11) is 0. The highest BCUT2D eigenvalue weighted by Crippen LogP contribution is 2.53. The van der Waals surface area contributed by atoms with Crippen molar-refractivity contribution in [3.05, 3.63) is 36.5 Å². The Balaban J connectivity index is 0.000000109. The van der Waals surface area contributed by atoms with Crippen LogP contribution in [0.15, 0.2) is 36.5 Å². The maximum absolute atomic E-state index is 2.41. The standard InChI is InChI=1S/C12H20.C11H18.C11H16.C5H10/c1-3-9-7-8-10-4-2-6-12(10)11(9)5-1;2*1-2-6-10-8-4-5-9-11(10)7-3-1;1-2-4-5-3-1/h9-12H,1-8H2;1-2,10-11H,3-9H2;1-3,6,10-11H,4-5,7-9H2;1-5H2. The molecule has 8 aliphatic rings. The minimum Gasteiger partial charge on any atom is -0.0885 e. The molecule has 0 N–H and O–H groups in total. The molecule has 39 heavy (non-hydrogen) atoms. The van der Waals surface area contributed by atoms with E-state index in [1.807, 2.05) is 0 Å². The average Bonchev–Trinajstić information content (AvgIpc) is 3.73. The van der Waals surface area contributed by atoms with Crippen LogP contribution in [0.1, 0.15) is 161 Å². The van der Waals surface area contributed by atoms with Gasteiger partial charge in [0.25, 0.3) is 0 Å². The normalized spacial score (nSPS) is 40.0. The van der Waals surface area contributed by atoms with E-state index in [9.17, 15) is 0 Å². The first-order valence-corrected chi connectivity index (χ1v) is 18.4. The monoisotopic (exact) mass is 533 g/mol. The lowest BCUT2D eigenvalue weighted by molar-refractivity contribution is 0.136. The van der Waals surface area contributed by atoms with Crippen molar-refractivity contribution in [2.75, 3.05) is 0 Å². The Morgan fingerprint density at radius 3 is 1.59 bits per heavy atom. The lowest BCUT2D eigenvalue weighted by Crippen LogP contribution is -2.28. The molecule has 8 rings (SSSR count). The molecule has 0 heterocycles. The zero-order chi connectivity index (χ0) is 26.5. The van der Waals surface area contributed by atoms with Gasteiger partial charge in [-0.3, -0.25) is 0 Å². The molecule has 0 amide bonds. The third-order valence-corrected chi connectivity index (χ3v) is 12.5. The molecule has 0 aromatic rings. The van der Waals surface area contributed by atoms with Crippen molar-refractivity contribution < 1.29 is 0 Å². The minimum atomic E-state index is 0.902. The van der Waals surface area contributed by atoms with Crippen LogP contribution >= 0.6 is 0 Å². The molecule has 0 heteroatoms. The molecule has 6 saturated carbocycles. The Labute approximate surface area is 244 Å². The predicted octanol–water partition coefficient (Wildman–Crippen LogP) is 12.4. The molecule has 8 unspecified atom stereocenters. The summed E-state index contributed by atoms with van der Waals surface area (Å²) >= 11 is 0. The molecule has 0 nitrogen and oxygen atoms in total. The highest BCUT2D eigenvalue weighted by atomic mass is 14.5. The summed E-state index contributed by atoms with van der Waals surface area (Å²) in [5.41, 5.74) is 0. The summed E-state index contributed by atoms with van der Waals surface area (Å²) in [4.78, 5) is 0. The second-order valence-electron chi connectivity index (χ2n) is 14.9. The molecular formula is C39H64. The zero-order valence-electron chi connectivity index (χ0n) is 25.8. The second kappa shape index (κ2) is 16.6. The Bertz CT molecular complexity index is 724. The first kappa shape index (κ1) is 29.7. The fourth-order valence-electron chi connectivity index (χ4n) is 10.3. The summed E-state index contributed by atoms with van der Waals surface area (Å²) in [5.74, 6) is 8.73. The number of allylic oxidation sites excluding steroid dienone is 6. The molecule has 0 bridgehead atoms. The van der Waals surface area contributed by atoms with Gasteiger partial charge in [-0.05, 0) is 118 Å². The SMILES string of the molecule is C1=CCC2CCCCC2C=C1.C1=CCC2CCCCC2CC1.C1CC2CCC3CCCC3C2C1.C1CCCC1. The van der Waals surface area contributed by atoms with Gasteiger partial charge in [0.1, 0.15) is 0 Å². The summed E-state index contributed by atoms with van der Waals surface area (Å²) in [6.45, 7) is 0. The van der Waals surface area contributed by atoms with Crippen molar-refractivity contribution in [3.8, 4) is 0 Å². The van der Waals surface area contributed by atoms with E-state index in [-0.39, 0.29) is 0 Å². The number of hydrogen-bond donors (Lipinski definition) is 0. The first-order valence-electron chi connectivity index (χ1n) is 18.4. The van der Waals surface area contributed by atoms with E-state index in [0.717, 1.165) is 23.7 Å². The molecule has 0 saturated heterocycles. The van der Waals surface area contributed by atoms with Crippen LogP contribution in [0.25, 0.3) is 0 Å². The van der Waals surface area contributed by atoms with Gasteiger partial charge in [-0.2, -0.15) is 0 Å². The molecule has 220 valence electrons. The predicted molar refractivity (Wildman–Crippen MR) is 171 cm³/mol. The lowest BCUT2D eigenvalue weighted by Gasteiger charge is -2.36. The fourth-order valence-corrected chi connectivity index (χ4v) is 10.3. The van der Waals surface area contributed by atoms with Gasteiger partial charge in [-0.1, -0.05) is 126 Å². The van der Waals surface area contributed by atoms with Crippen molar-refractivity contribution in [1.29, 1.82) is 0 Å². The van der Waals surface area contributed by atoms with Crippen LogP contribution in [-0.4, -0.2) is 0 Å². The summed E-state index contributed by atoms with van der Waals surface area (Å²) in [6, 6.07) is 0.